The third-order valence-corrected chi connectivity index (χ3v) is 8.60. The van der Waals surface area contributed by atoms with Gasteiger partial charge in [0, 0.05) is 40.5 Å². The van der Waals surface area contributed by atoms with Crippen LogP contribution in [-0.2, 0) is 26.4 Å². The average molecular weight is 514 g/mol. The van der Waals surface area contributed by atoms with Crippen molar-refractivity contribution < 1.29 is 21.6 Å². The van der Waals surface area contributed by atoms with Crippen molar-refractivity contribution >= 4 is 41.7 Å². The topological polar surface area (TPSA) is 138 Å². The first-order chi connectivity index (χ1) is 16.5. The number of benzene rings is 2. The van der Waals surface area contributed by atoms with Gasteiger partial charge in [-0.05, 0) is 36.8 Å². The molecule has 0 radical (unpaired) electrons. The molecule has 0 atom stereocenters. The Bertz CT molecular complexity index is 1740. The van der Waals surface area contributed by atoms with Crippen LogP contribution in [0.25, 0.3) is 21.8 Å². The number of aryl methyl sites for hydroxylation is 1. The summed E-state index contributed by atoms with van der Waals surface area (Å²) in [7, 11) is -6.80. The molecule has 0 spiro atoms. The molecule has 12 heteroatoms. The number of aromatic amines is 1. The van der Waals surface area contributed by atoms with Crippen LogP contribution in [-0.4, -0.2) is 67.6 Å². The van der Waals surface area contributed by atoms with Gasteiger partial charge in [-0.3, -0.25) is 4.68 Å². The van der Waals surface area contributed by atoms with Crippen LogP contribution in [0.5, 0.6) is 5.75 Å². The van der Waals surface area contributed by atoms with E-state index in [2.05, 4.69) is 16.2 Å². The fourth-order valence-corrected chi connectivity index (χ4v) is 6.29. The van der Waals surface area contributed by atoms with Crippen molar-refractivity contribution in [2.24, 2.45) is 0 Å². The molecule has 1 saturated heterocycles. The molecule has 2 aromatic heterocycles. The number of sulfone groups is 1. The zero-order valence-electron chi connectivity index (χ0n) is 19.3. The van der Waals surface area contributed by atoms with Gasteiger partial charge >= 0.3 is 0 Å². The van der Waals surface area contributed by atoms with E-state index in [-0.39, 0.29) is 30.6 Å². The highest BCUT2D eigenvalue weighted by atomic mass is 32.2. The summed E-state index contributed by atoms with van der Waals surface area (Å²) in [5.41, 5.74) is 3.06. The number of nitrogens with one attached hydrogen (secondary N) is 1. The highest BCUT2D eigenvalue weighted by Gasteiger charge is 2.35. The van der Waals surface area contributed by atoms with Crippen LogP contribution < -0.4 is 4.74 Å². The van der Waals surface area contributed by atoms with Crippen molar-refractivity contribution in [3.05, 3.63) is 53.3 Å². The Balaban J connectivity index is 1.55. The number of nitriles is 1. The van der Waals surface area contributed by atoms with Crippen molar-refractivity contribution in [2.45, 2.75) is 24.5 Å². The van der Waals surface area contributed by atoms with E-state index < -0.39 is 19.9 Å². The van der Waals surface area contributed by atoms with Crippen LogP contribution in [0.3, 0.4) is 0 Å². The van der Waals surface area contributed by atoms with Crippen LogP contribution >= 0.6 is 0 Å². The van der Waals surface area contributed by atoms with E-state index in [1.54, 1.807) is 35.3 Å². The normalized spacial score (nSPS) is 15.4. The summed E-state index contributed by atoms with van der Waals surface area (Å²) >= 11 is 0. The molecule has 0 unspecified atom stereocenters. The van der Waals surface area contributed by atoms with Gasteiger partial charge in [0.15, 0.2) is 15.6 Å². The predicted molar refractivity (Wildman–Crippen MR) is 131 cm³/mol. The molecule has 182 valence electrons. The van der Waals surface area contributed by atoms with Crippen molar-refractivity contribution in [3.63, 3.8) is 0 Å². The second kappa shape index (κ2) is 8.08. The average Bonchev–Trinajstić information content (AvgIpc) is 3.37. The smallest absolute Gasteiger partial charge is 0.211 e. The maximum Gasteiger partial charge on any atom is 0.211 e. The Hall–Kier alpha value is -3.40. The lowest BCUT2D eigenvalue weighted by Crippen LogP contribution is -2.55. The number of hydrogen-bond donors (Lipinski definition) is 1. The van der Waals surface area contributed by atoms with Gasteiger partial charge < -0.3 is 9.72 Å². The first kappa shape index (κ1) is 23.3. The predicted octanol–water partition coefficient (Wildman–Crippen LogP) is 2.17. The summed E-state index contributed by atoms with van der Waals surface area (Å²) in [6, 6.07) is 9.01. The summed E-state index contributed by atoms with van der Waals surface area (Å²) in [5, 5.41) is 15.8. The standard InChI is InChI=1S/C23H23N5O5S2/c1-14-8-20(34(2,29)30)19(18-6-7-25-21(14)18)13-27-10-16-5-4-15(9-24)23(22(16)26-27)33-17-11-28(12-17)35(3,31)32/h4-8,10,17,25H,11-13H2,1-3H3. The Morgan fingerprint density at radius 2 is 1.94 bits per heavy atom. The molecule has 2 aromatic carbocycles. The monoisotopic (exact) mass is 513 g/mol. The molecule has 3 heterocycles. The second-order valence-electron chi connectivity index (χ2n) is 8.85. The van der Waals surface area contributed by atoms with Crippen LogP contribution in [0.2, 0.25) is 0 Å². The molecule has 0 bridgehead atoms. The summed E-state index contributed by atoms with van der Waals surface area (Å²) in [4.78, 5) is 3.41. The van der Waals surface area contributed by atoms with Crippen molar-refractivity contribution in [2.75, 3.05) is 25.6 Å². The molecule has 4 aromatic rings. The molecule has 5 rings (SSSR count). The Morgan fingerprint density at radius 3 is 2.60 bits per heavy atom. The Kier molecular flexibility index (Phi) is 5.39. The third-order valence-electron chi connectivity index (χ3n) is 6.20. The van der Waals surface area contributed by atoms with E-state index in [1.165, 1.54) is 10.6 Å². The molecule has 1 fully saturated rings. The number of sulfonamides is 1. The zero-order chi connectivity index (χ0) is 25.1. The molecule has 1 N–H and O–H groups in total. The summed E-state index contributed by atoms with van der Waals surface area (Å²) in [6.45, 7) is 2.46. The minimum Gasteiger partial charge on any atom is -0.484 e. The molecule has 0 aliphatic carbocycles. The molecule has 1 aliphatic rings. The summed E-state index contributed by atoms with van der Waals surface area (Å²) < 4.78 is 57.5. The Labute approximate surface area is 202 Å². The van der Waals surface area contributed by atoms with E-state index in [4.69, 9.17) is 4.74 Å². The number of nitrogens with zero attached hydrogens (tertiary/aromatic N) is 4. The van der Waals surface area contributed by atoms with Gasteiger partial charge in [-0.15, -0.1) is 0 Å². The maximum atomic E-state index is 12.6. The van der Waals surface area contributed by atoms with E-state index in [9.17, 15) is 22.1 Å². The molecule has 35 heavy (non-hydrogen) atoms. The van der Waals surface area contributed by atoms with E-state index in [0.717, 1.165) is 28.1 Å². The fourth-order valence-electron chi connectivity index (χ4n) is 4.40. The van der Waals surface area contributed by atoms with E-state index in [1.807, 2.05) is 13.0 Å². The van der Waals surface area contributed by atoms with Gasteiger partial charge in [0.25, 0.3) is 0 Å². The van der Waals surface area contributed by atoms with Crippen LogP contribution in [0.1, 0.15) is 16.7 Å². The maximum absolute atomic E-state index is 12.6. The van der Waals surface area contributed by atoms with Gasteiger partial charge in [0.1, 0.15) is 17.7 Å². The zero-order valence-corrected chi connectivity index (χ0v) is 20.9. The third kappa shape index (κ3) is 4.16. The summed E-state index contributed by atoms with van der Waals surface area (Å²) in [6.07, 6.45) is 5.49. The molecule has 0 amide bonds. The van der Waals surface area contributed by atoms with Crippen molar-refractivity contribution in [3.8, 4) is 11.8 Å². The minimum absolute atomic E-state index is 0.193. The lowest BCUT2D eigenvalue weighted by molar-refractivity contribution is 0.0776. The van der Waals surface area contributed by atoms with Crippen molar-refractivity contribution in [1.29, 1.82) is 5.26 Å². The fraction of sp³-hybridized carbons (Fsp3) is 0.304. The number of rotatable bonds is 6. The van der Waals surface area contributed by atoms with Crippen LogP contribution in [0, 0.1) is 18.3 Å². The quantitative estimate of drug-likeness (QED) is 0.417. The van der Waals surface area contributed by atoms with Crippen LogP contribution in [0.4, 0.5) is 0 Å². The number of H-pyrrole nitrogens is 1. The first-order valence-electron chi connectivity index (χ1n) is 10.8. The van der Waals surface area contributed by atoms with Crippen LogP contribution in [0.15, 0.2) is 41.6 Å². The molecular formula is C23H23N5O5S2. The van der Waals surface area contributed by atoms with Gasteiger partial charge in [0.05, 0.1) is 36.3 Å². The second-order valence-corrected chi connectivity index (χ2v) is 12.8. The van der Waals surface area contributed by atoms with E-state index >= 15 is 0 Å². The largest absolute Gasteiger partial charge is 0.484 e. The van der Waals surface area contributed by atoms with Gasteiger partial charge in [0.2, 0.25) is 10.0 Å². The molecule has 1 aliphatic heterocycles. The highest BCUT2D eigenvalue weighted by molar-refractivity contribution is 7.90. The minimum atomic E-state index is -3.50. The lowest BCUT2D eigenvalue weighted by Gasteiger charge is -2.37. The number of ether oxygens (including phenoxy) is 1. The van der Waals surface area contributed by atoms with Gasteiger partial charge in [-0.25, -0.2) is 16.8 Å². The van der Waals surface area contributed by atoms with Gasteiger partial charge in [-0.1, -0.05) is 0 Å². The molecular weight excluding hydrogens is 490 g/mol. The molecule has 0 saturated carbocycles. The number of aromatic nitrogens is 3. The molecule has 10 nitrogen and oxygen atoms in total. The first-order valence-corrected chi connectivity index (χ1v) is 14.5. The Morgan fingerprint density at radius 1 is 1.20 bits per heavy atom. The SMILES string of the molecule is Cc1cc(S(C)(=O)=O)c(Cn2cc3ccc(C#N)c(OC4CN(S(C)(=O)=O)C4)c3n2)c2cc[nH]c12. The van der Waals surface area contributed by atoms with E-state index in [0.29, 0.717) is 22.4 Å². The highest BCUT2D eigenvalue weighted by Crippen LogP contribution is 2.33. The lowest BCUT2D eigenvalue weighted by atomic mass is 10.1. The summed E-state index contributed by atoms with van der Waals surface area (Å²) in [5.74, 6) is 0.293. The number of fused-ring (bicyclic) bond motifs is 2. The number of hydrogen-bond acceptors (Lipinski definition) is 7. The van der Waals surface area contributed by atoms with Gasteiger partial charge in [-0.2, -0.15) is 14.7 Å². The van der Waals surface area contributed by atoms with Crippen molar-refractivity contribution in [1.82, 2.24) is 19.1 Å².